The number of nitrogens with zero attached hydrogens (tertiary/aromatic N) is 2. The van der Waals surface area contributed by atoms with Crippen molar-refractivity contribution in [2.45, 2.75) is 33.1 Å². The maximum Gasteiger partial charge on any atom is 0.433 e. The molecule has 0 aliphatic heterocycles. The molecule has 176 valence electrons. The highest BCUT2D eigenvalue weighted by molar-refractivity contribution is 6.05. The molecule has 0 unspecified atom stereocenters. The summed E-state index contributed by atoms with van der Waals surface area (Å²) in [5, 5.41) is 4.72. The summed E-state index contributed by atoms with van der Waals surface area (Å²) >= 11 is 0. The lowest BCUT2D eigenvalue weighted by Crippen LogP contribution is -2.29. The van der Waals surface area contributed by atoms with Gasteiger partial charge < -0.3 is 10.1 Å². The van der Waals surface area contributed by atoms with E-state index in [2.05, 4.69) is 15.4 Å². The third kappa shape index (κ3) is 4.26. The predicted octanol–water partition coefficient (Wildman–Crippen LogP) is 5.06. The van der Waals surface area contributed by atoms with Crippen molar-refractivity contribution < 1.29 is 22.7 Å². The normalized spacial score (nSPS) is 11.7. The Labute approximate surface area is 192 Å². The Balaban J connectivity index is 1.86. The molecular weight excluding hydrogens is 449 g/mol. The Morgan fingerprint density at radius 3 is 2.38 bits per heavy atom. The van der Waals surface area contributed by atoms with Gasteiger partial charge in [-0.05, 0) is 38.5 Å². The van der Waals surface area contributed by atoms with Crippen LogP contribution in [0.15, 0.2) is 59.4 Å². The zero-order valence-corrected chi connectivity index (χ0v) is 18.5. The second-order valence-corrected chi connectivity index (χ2v) is 7.88. The number of aryl methyl sites for hydroxylation is 1. The first kappa shape index (κ1) is 23.1. The van der Waals surface area contributed by atoms with Gasteiger partial charge in [0.15, 0.2) is 5.65 Å². The third-order valence-electron chi connectivity index (χ3n) is 5.03. The van der Waals surface area contributed by atoms with E-state index in [1.165, 1.54) is 19.1 Å². The minimum absolute atomic E-state index is 0.00494. The largest absolute Gasteiger partial charge is 0.489 e. The molecule has 0 spiro atoms. The number of aromatic amines is 1. The average Bonchev–Trinajstić information content (AvgIpc) is 3.15. The summed E-state index contributed by atoms with van der Waals surface area (Å²) in [5.74, 6) is -0.420. The molecule has 2 aromatic carbocycles. The average molecular weight is 470 g/mol. The number of amides is 1. The number of carbonyl (C=O) groups is 1. The van der Waals surface area contributed by atoms with Crippen molar-refractivity contribution in [2.75, 3.05) is 5.32 Å². The molecule has 0 saturated heterocycles. The number of carbonyl (C=O) groups excluding carboxylic acids is 1. The van der Waals surface area contributed by atoms with E-state index >= 15 is 0 Å². The molecule has 4 aromatic rings. The lowest BCUT2D eigenvalue weighted by atomic mass is 10.1. The predicted molar refractivity (Wildman–Crippen MR) is 121 cm³/mol. The number of hydrogen-bond donors (Lipinski definition) is 2. The smallest absolute Gasteiger partial charge is 0.433 e. The molecule has 10 heteroatoms. The van der Waals surface area contributed by atoms with Crippen LogP contribution >= 0.6 is 0 Å². The van der Waals surface area contributed by atoms with Gasteiger partial charge in [-0.1, -0.05) is 42.5 Å². The van der Waals surface area contributed by atoms with E-state index in [1.807, 2.05) is 13.8 Å². The van der Waals surface area contributed by atoms with Crippen LogP contribution in [0.3, 0.4) is 0 Å². The molecule has 0 radical (unpaired) electrons. The number of nitrogens with one attached hydrogen (secondary N) is 2. The van der Waals surface area contributed by atoms with Crippen LogP contribution in [-0.4, -0.2) is 26.6 Å². The molecule has 4 rings (SSSR count). The first-order chi connectivity index (χ1) is 16.1. The highest BCUT2D eigenvalue weighted by Gasteiger charge is 2.38. The topological polar surface area (TPSA) is 88.5 Å². The van der Waals surface area contributed by atoms with Crippen LogP contribution in [0.25, 0.3) is 16.8 Å². The zero-order chi connectivity index (χ0) is 24.6. The van der Waals surface area contributed by atoms with Crippen LogP contribution in [0.4, 0.5) is 18.9 Å². The standard InChI is InChI=1S/C24H21F3N4O3/c1-13(2)34-17-12-8-7-11-16(17)29-22(32)18-14(3)28-21-19(15-9-5-4-6-10-15)20(24(25,26)27)30-31(21)23(18)33/h4-13,30H,1-3H3,(H,29,32). The number of fused-ring (bicyclic) bond motifs is 1. The third-order valence-corrected chi connectivity index (χ3v) is 5.03. The maximum absolute atomic E-state index is 13.8. The summed E-state index contributed by atoms with van der Waals surface area (Å²) in [4.78, 5) is 30.5. The van der Waals surface area contributed by atoms with Crippen LogP contribution in [0.5, 0.6) is 5.75 Å². The number of anilines is 1. The quantitative estimate of drug-likeness (QED) is 0.427. The van der Waals surface area contributed by atoms with Gasteiger partial charge >= 0.3 is 6.18 Å². The van der Waals surface area contributed by atoms with Gasteiger partial charge in [0.1, 0.15) is 17.0 Å². The van der Waals surface area contributed by atoms with Gasteiger partial charge in [-0.15, -0.1) is 0 Å². The molecule has 34 heavy (non-hydrogen) atoms. The summed E-state index contributed by atoms with van der Waals surface area (Å²) in [7, 11) is 0. The van der Waals surface area contributed by atoms with Crippen molar-refractivity contribution in [2.24, 2.45) is 0 Å². The number of alkyl halides is 3. The SMILES string of the molecule is Cc1nc2c(-c3ccccc3)c(C(F)(F)F)[nH]n2c(=O)c1C(=O)Nc1ccccc1OC(C)C. The molecule has 1 amide bonds. The van der Waals surface area contributed by atoms with Crippen molar-refractivity contribution in [3.63, 3.8) is 0 Å². The molecular formula is C24H21F3N4O3. The number of rotatable bonds is 5. The number of para-hydroxylation sites is 2. The Bertz CT molecular complexity index is 1420. The molecule has 2 N–H and O–H groups in total. The first-order valence-corrected chi connectivity index (χ1v) is 10.4. The van der Waals surface area contributed by atoms with Gasteiger partial charge in [0.05, 0.1) is 23.0 Å². The molecule has 2 aromatic heterocycles. The fourth-order valence-corrected chi connectivity index (χ4v) is 3.63. The van der Waals surface area contributed by atoms with Crippen LogP contribution < -0.4 is 15.6 Å². The van der Waals surface area contributed by atoms with E-state index in [9.17, 15) is 22.8 Å². The Kier molecular flexibility index (Phi) is 5.90. The zero-order valence-electron chi connectivity index (χ0n) is 18.5. The molecule has 2 heterocycles. The number of H-pyrrole nitrogens is 1. The van der Waals surface area contributed by atoms with E-state index in [4.69, 9.17) is 4.74 Å². The van der Waals surface area contributed by atoms with E-state index < -0.39 is 23.3 Å². The highest BCUT2D eigenvalue weighted by atomic mass is 19.4. The number of aromatic nitrogens is 3. The first-order valence-electron chi connectivity index (χ1n) is 10.4. The minimum Gasteiger partial charge on any atom is -0.489 e. The second-order valence-electron chi connectivity index (χ2n) is 7.88. The molecule has 0 saturated carbocycles. The summed E-state index contributed by atoms with van der Waals surface area (Å²) in [6.45, 7) is 5.05. The number of hydrogen-bond acceptors (Lipinski definition) is 4. The number of ether oxygens (including phenoxy) is 1. The molecule has 0 atom stereocenters. The summed E-state index contributed by atoms with van der Waals surface area (Å²) in [6, 6.07) is 14.5. The van der Waals surface area contributed by atoms with Crippen molar-refractivity contribution in [3.8, 4) is 16.9 Å². The van der Waals surface area contributed by atoms with Crippen molar-refractivity contribution in [1.82, 2.24) is 14.6 Å². The van der Waals surface area contributed by atoms with Crippen molar-refractivity contribution >= 4 is 17.2 Å². The number of halogens is 3. The maximum atomic E-state index is 13.8. The van der Waals surface area contributed by atoms with Gasteiger partial charge in [0, 0.05) is 0 Å². The van der Waals surface area contributed by atoms with Crippen molar-refractivity contribution in [3.05, 3.63) is 81.9 Å². The summed E-state index contributed by atoms with van der Waals surface area (Å²) < 4.78 is 47.8. The fraction of sp³-hybridized carbons (Fsp3) is 0.208. The monoisotopic (exact) mass is 470 g/mol. The van der Waals surface area contributed by atoms with E-state index in [0.29, 0.717) is 16.0 Å². The van der Waals surface area contributed by atoms with Gasteiger partial charge in [0.2, 0.25) is 0 Å². The van der Waals surface area contributed by atoms with Gasteiger partial charge in [0.25, 0.3) is 11.5 Å². The molecule has 7 nitrogen and oxygen atoms in total. The minimum atomic E-state index is -4.78. The lowest BCUT2D eigenvalue weighted by molar-refractivity contribution is -0.140. The lowest BCUT2D eigenvalue weighted by Gasteiger charge is -2.15. The van der Waals surface area contributed by atoms with Crippen LogP contribution in [0, 0.1) is 6.92 Å². The fourth-order valence-electron chi connectivity index (χ4n) is 3.63. The summed E-state index contributed by atoms with van der Waals surface area (Å²) in [6.07, 6.45) is -4.95. The highest BCUT2D eigenvalue weighted by Crippen LogP contribution is 2.38. The van der Waals surface area contributed by atoms with Gasteiger partial charge in [-0.2, -0.15) is 17.7 Å². The van der Waals surface area contributed by atoms with Gasteiger partial charge in [-0.3, -0.25) is 14.7 Å². The van der Waals surface area contributed by atoms with Crippen LogP contribution in [0.1, 0.15) is 35.6 Å². The van der Waals surface area contributed by atoms with E-state index in [1.54, 1.807) is 42.5 Å². The second kappa shape index (κ2) is 8.69. The molecule has 0 aliphatic rings. The van der Waals surface area contributed by atoms with Crippen molar-refractivity contribution in [1.29, 1.82) is 0 Å². The molecule has 0 fully saturated rings. The Morgan fingerprint density at radius 2 is 1.74 bits per heavy atom. The van der Waals surface area contributed by atoms with Crippen LogP contribution in [-0.2, 0) is 6.18 Å². The Morgan fingerprint density at radius 1 is 1.09 bits per heavy atom. The molecule has 0 aliphatic carbocycles. The molecule has 0 bridgehead atoms. The van der Waals surface area contributed by atoms with Crippen LogP contribution in [0.2, 0.25) is 0 Å². The van der Waals surface area contributed by atoms with Gasteiger partial charge in [-0.25, -0.2) is 4.98 Å². The Hall–Kier alpha value is -4.08. The summed E-state index contributed by atoms with van der Waals surface area (Å²) in [5.41, 5.74) is -2.40. The van der Waals surface area contributed by atoms with E-state index in [0.717, 1.165) is 0 Å². The van der Waals surface area contributed by atoms with E-state index in [-0.39, 0.29) is 34.1 Å². The number of benzene rings is 2.